The molecular formula is C15H18O3. The van der Waals surface area contributed by atoms with Crippen molar-refractivity contribution in [3.63, 3.8) is 0 Å². The summed E-state index contributed by atoms with van der Waals surface area (Å²) in [5, 5.41) is 9.33. The van der Waals surface area contributed by atoms with E-state index in [1.54, 1.807) is 6.92 Å². The van der Waals surface area contributed by atoms with Crippen LogP contribution in [0.1, 0.15) is 38.2 Å². The molecule has 0 bridgehead atoms. The van der Waals surface area contributed by atoms with Crippen molar-refractivity contribution in [3.05, 3.63) is 35.9 Å². The Hall–Kier alpha value is -1.64. The summed E-state index contributed by atoms with van der Waals surface area (Å²) in [6.07, 6.45) is 2.92. The van der Waals surface area contributed by atoms with Crippen molar-refractivity contribution in [1.29, 1.82) is 0 Å². The van der Waals surface area contributed by atoms with E-state index in [1.165, 1.54) is 0 Å². The number of ketones is 1. The Kier molecular flexibility index (Phi) is 3.50. The molecule has 0 radical (unpaired) electrons. The summed E-state index contributed by atoms with van der Waals surface area (Å²) < 4.78 is 0. The van der Waals surface area contributed by atoms with Crippen LogP contribution in [0.15, 0.2) is 30.3 Å². The summed E-state index contributed by atoms with van der Waals surface area (Å²) in [4.78, 5) is 23.8. The number of benzene rings is 1. The summed E-state index contributed by atoms with van der Waals surface area (Å²) in [6.45, 7) is 1.65. The minimum Gasteiger partial charge on any atom is -0.481 e. The third-order valence-corrected chi connectivity index (χ3v) is 4.12. The Bertz CT molecular complexity index is 452. The molecule has 96 valence electrons. The first-order valence-corrected chi connectivity index (χ1v) is 6.40. The molecule has 0 heterocycles. The Morgan fingerprint density at radius 2 is 1.94 bits per heavy atom. The average molecular weight is 246 g/mol. The Morgan fingerprint density at radius 1 is 1.28 bits per heavy atom. The van der Waals surface area contributed by atoms with Gasteiger partial charge in [0.05, 0.1) is 11.3 Å². The van der Waals surface area contributed by atoms with Gasteiger partial charge in [-0.25, -0.2) is 0 Å². The molecule has 1 aliphatic carbocycles. The largest absolute Gasteiger partial charge is 0.481 e. The molecule has 1 N–H and O–H groups in total. The lowest BCUT2D eigenvalue weighted by molar-refractivity contribution is -0.148. The van der Waals surface area contributed by atoms with Crippen LogP contribution in [0.5, 0.6) is 0 Å². The highest BCUT2D eigenvalue weighted by atomic mass is 16.4. The molecule has 2 atom stereocenters. The molecule has 0 spiro atoms. The summed E-state index contributed by atoms with van der Waals surface area (Å²) in [5.41, 5.74) is 0.0234. The van der Waals surface area contributed by atoms with Gasteiger partial charge in [0.2, 0.25) is 0 Å². The van der Waals surface area contributed by atoms with Crippen molar-refractivity contribution in [2.24, 2.45) is 5.92 Å². The Balaban J connectivity index is 2.52. The van der Waals surface area contributed by atoms with Crippen LogP contribution < -0.4 is 0 Å². The zero-order chi connectivity index (χ0) is 13.2. The van der Waals surface area contributed by atoms with Crippen molar-refractivity contribution in [1.82, 2.24) is 0 Å². The SMILES string of the molecule is CC(C(=O)O)C1(c2ccccc2)CCCCC1=O. The van der Waals surface area contributed by atoms with E-state index in [-0.39, 0.29) is 5.78 Å². The maximum atomic E-state index is 12.4. The van der Waals surface area contributed by atoms with E-state index in [0.717, 1.165) is 18.4 Å². The van der Waals surface area contributed by atoms with Gasteiger partial charge in [0.1, 0.15) is 5.78 Å². The van der Waals surface area contributed by atoms with E-state index in [9.17, 15) is 14.7 Å². The maximum Gasteiger partial charge on any atom is 0.307 e. The van der Waals surface area contributed by atoms with Gasteiger partial charge < -0.3 is 5.11 Å². The third kappa shape index (κ3) is 1.94. The number of Topliss-reactive ketones (excluding diaryl/α,β-unsaturated/α-hetero) is 1. The van der Waals surface area contributed by atoms with Gasteiger partial charge in [-0.2, -0.15) is 0 Å². The first kappa shape index (κ1) is 12.8. The van der Waals surface area contributed by atoms with E-state index >= 15 is 0 Å². The monoisotopic (exact) mass is 246 g/mol. The summed E-state index contributed by atoms with van der Waals surface area (Å²) >= 11 is 0. The Morgan fingerprint density at radius 3 is 2.50 bits per heavy atom. The molecule has 0 saturated heterocycles. The van der Waals surface area contributed by atoms with Crippen molar-refractivity contribution in [2.45, 2.75) is 38.0 Å². The Labute approximate surface area is 107 Å². The maximum absolute atomic E-state index is 12.4. The van der Waals surface area contributed by atoms with Crippen molar-refractivity contribution < 1.29 is 14.7 Å². The molecule has 3 nitrogen and oxygen atoms in total. The minimum atomic E-state index is -0.894. The van der Waals surface area contributed by atoms with Gasteiger partial charge in [0, 0.05) is 6.42 Å². The number of carbonyl (C=O) groups is 2. The second-order valence-corrected chi connectivity index (χ2v) is 5.03. The van der Waals surface area contributed by atoms with Gasteiger partial charge in [-0.05, 0) is 18.4 Å². The fourth-order valence-electron chi connectivity index (χ4n) is 3.01. The molecule has 1 aliphatic rings. The fourth-order valence-corrected chi connectivity index (χ4v) is 3.01. The molecule has 0 aliphatic heterocycles. The highest BCUT2D eigenvalue weighted by Gasteiger charge is 2.48. The number of aliphatic carboxylic acids is 1. The van der Waals surface area contributed by atoms with Gasteiger partial charge >= 0.3 is 5.97 Å². The van der Waals surface area contributed by atoms with Crippen LogP contribution >= 0.6 is 0 Å². The number of hydrogen-bond donors (Lipinski definition) is 1. The number of carboxylic acid groups (broad SMARTS) is 1. The number of carbonyl (C=O) groups excluding carboxylic acids is 1. The van der Waals surface area contributed by atoms with Gasteiger partial charge in [-0.3, -0.25) is 9.59 Å². The standard InChI is InChI=1S/C15H18O3/c1-11(14(17)18)15(10-6-5-9-13(15)16)12-7-3-2-4-8-12/h2-4,7-8,11H,5-6,9-10H2,1H3,(H,17,18). The van der Waals surface area contributed by atoms with Crippen LogP contribution in [0.2, 0.25) is 0 Å². The smallest absolute Gasteiger partial charge is 0.307 e. The molecule has 2 rings (SSSR count). The zero-order valence-corrected chi connectivity index (χ0v) is 10.6. The lowest BCUT2D eigenvalue weighted by Gasteiger charge is -2.39. The lowest BCUT2D eigenvalue weighted by Crippen LogP contribution is -2.47. The lowest BCUT2D eigenvalue weighted by atomic mass is 9.62. The highest BCUT2D eigenvalue weighted by molar-refractivity contribution is 5.95. The summed E-state index contributed by atoms with van der Waals surface area (Å²) in [7, 11) is 0. The second kappa shape index (κ2) is 4.92. The molecule has 1 aromatic carbocycles. The van der Waals surface area contributed by atoms with Crippen LogP contribution in [-0.4, -0.2) is 16.9 Å². The topological polar surface area (TPSA) is 54.4 Å². The minimum absolute atomic E-state index is 0.0786. The first-order valence-electron chi connectivity index (χ1n) is 6.40. The molecule has 3 heteroatoms. The van der Waals surface area contributed by atoms with Crippen LogP contribution in [-0.2, 0) is 15.0 Å². The van der Waals surface area contributed by atoms with Gasteiger partial charge in [0.25, 0.3) is 0 Å². The van der Waals surface area contributed by atoms with Gasteiger partial charge in [-0.1, -0.05) is 43.7 Å². The van der Waals surface area contributed by atoms with Crippen LogP contribution in [0.3, 0.4) is 0 Å². The van der Waals surface area contributed by atoms with Gasteiger partial charge in [0.15, 0.2) is 0 Å². The molecule has 1 saturated carbocycles. The van der Waals surface area contributed by atoms with Crippen LogP contribution in [0.25, 0.3) is 0 Å². The summed E-state index contributed by atoms with van der Waals surface area (Å²) in [6, 6.07) is 9.38. The van der Waals surface area contributed by atoms with Gasteiger partial charge in [-0.15, -0.1) is 0 Å². The average Bonchev–Trinajstić information content (AvgIpc) is 2.39. The first-order chi connectivity index (χ1) is 8.59. The number of rotatable bonds is 3. The summed E-state index contributed by atoms with van der Waals surface area (Å²) in [5.74, 6) is -1.49. The van der Waals surface area contributed by atoms with E-state index in [4.69, 9.17) is 0 Å². The van der Waals surface area contributed by atoms with E-state index in [1.807, 2.05) is 30.3 Å². The van der Waals surface area contributed by atoms with Crippen LogP contribution in [0, 0.1) is 5.92 Å². The predicted molar refractivity (Wildman–Crippen MR) is 68.4 cm³/mol. The van der Waals surface area contributed by atoms with E-state index in [0.29, 0.717) is 12.8 Å². The quantitative estimate of drug-likeness (QED) is 0.892. The third-order valence-electron chi connectivity index (χ3n) is 4.12. The van der Waals surface area contributed by atoms with E-state index in [2.05, 4.69) is 0 Å². The zero-order valence-electron chi connectivity index (χ0n) is 10.6. The number of hydrogen-bond acceptors (Lipinski definition) is 2. The van der Waals surface area contributed by atoms with Crippen molar-refractivity contribution >= 4 is 11.8 Å². The highest BCUT2D eigenvalue weighted by Crippen LogP contribution is 2.42. The molecule has 18 heavy (non-hydrogen) atoms. The number of carboxylic acids is 1. The predicted octanol–water partition coefficient (Wildman–Crippen LogP) is 2.79. The molecule has 2 unspecified atom stereocenters. The molecule has 0 amide bonds. The van der Waals surface area contributed by atoms with Crippen LogP contribution in [0.4, 0.5) is 0 Å². The second-order valence-electron chi connectivity index (χ2n) is 5.03. The fraction of sp³-hybridized carbons (Fsp3) is 0.467. The van der Waals surface area contributed by atoms with E-state index < -0.39 is 17.3 Å². The molecule has 1 fully saturated rings. The molecule has 0 aromatic heterocycles. The molecular weight excluding hydrogens is 228 g/mol. The molecule has 1 aromatic rings. The normalized spacial score (nSPS) is 25.7. The van der Waals surface area contributed by atoms with Crippen molar-refractivity contribution in [3.8, 4) is 0 Å². The van der Waals surface area contributed by atoms with Crippen molar-refractivity contribution in [2.75, 3.05) is 0 Å².